The van der Waals surface area contributed by atoms with Crippen LogP contribution in [0.4, 0.5) is 5.82 Å². The van der Waals surface area contributed by atoms with Crippen molar-refractivity contribution in [2.75, 3.05) is 5.73 Å². The highest BCUT2D eigenvalue weighted by Crippen LogP contribution is 2.42. The first kappa shape index (κ1) is 17.7. The molecule has 0 aliphatic carbocycles. The third-order valence-corrected chi connectivity index (χ3v) is 6.31. The fourth-order valence-corrected chi connectivity index (χ4v) is 4.85. The number of nitrogens with two attached hydrogens (primary N) is 1. The van der Waals surface area contributed by atoms with Crippen LogP contribution in [-0.4, -0.2) is 15.0 Å². The van der Waals surface area contributed by atoms with E-state index < -0.39 is 0 Å². The molecule has 2 N–H and O–H groups in total. The summed E-state index contributed by atoms with van der Waals surface area (Å²) in [6, 6.07) is 22.5. The number of nitrogens with zero attached hydrogens (tertiary/aromatic N) is 3. The smallest absolute Gasteiger partial charge is 0.135 e. The van der Waals surface area contributed by atoms with Crippen LogP contribution in [0.25, 0.3) is 43.7 Å². The lowest BCUT2D eigenvalue weighted by atomic mass is 9.94. The first-order valence-corrected chi connectivity index (χ1v) is 10.8. The van der Waals surface area contributed by atoms with Crippen molar-refractivity contribution in [3.05, 3.63) is 83.7 Å². The molecule has 5 rings (SSSR count). The first-order valence-electron chi connectivity index (χ1n) is 9.07. The maximum absolute atomic E-state index is 5.90. The van der Waals surface area contributed by atoms with E-state index in [9.17, 15) is 0 Å². The van der Waals surface area contributed by atoms with Gasteiger partial charge >= 0.3 is 0 Å². The Bertz CT molecular complexity index is 1260. The number of hydrogen-bond acceptors (Lipinski definition) is 6. The Labute approximate surface area is 176 Å². The molecular weight excluding hydrogens is 396 g/mol. The van der Waals surface area contributed by atoms with Crippen molar-refractivity contribution in [3.63, 3.8) is 0 Å². The van der Waals surface area contributed by atoms with E-state index in [1.807, 2.05) is 41.8 Å². The van der Waals surface area contributed by atoms with Gasteiger partial charge in [0, 0.05) is 33.6 Å². The molecule has 0 saturated heterocycles. The maximum atomic E-state index is 5.90. The third kappa shape index (κ3) is 3.44. The number of thiazole rings is 2. The van der Waals surface area contributed by atoms with Crippen LogP contribution in [0, 0.1) is 0 Å². The van der Waals surface area contributed by atoms with Crippen molar-refractivity contribution >= 4 is 28.5 Å². The SMILES string of the molecule is Nc1csc(-c2cccc(-c3nc(-c4ccccn4)cs3)c2-c2ccccc2)n1. The summed E-state index contributed by atoms with van der Waals surface area (Å²) in [5.74, 6) is 0.543. The molecule has 3 heterocycles. The summed E-state index contributed by atoms with van der Waals surface area (Å²) in [5.41, 5.74) is 12.0. The van der Waals surface area contributed by atoms with Crippen molar-refractivity contribution in [1.29, 1.82) is 0 Å². The second-order valence-corrected chi connectivity index (χ2v) is 8.14. The Morgan fingerprint density at radius 2 is 1.38 bits per heavy atom. The fraction of sp³-hybridized carbons (Fsp3) is 0. The normalized spacial score (nSPS) is 10.9. The standard InChI is InChI=1S/C23H16N4S2/c24-20-14-29-23(27-20)17-10-6-9-16(21(17)15-7-2-1-3-8-15)22-26-19(13-28-22)18-11-4-5-12-25-18/h1-14H,24H2. The Balaban J connectivity index is 1.71. The van der Waals surface area contributed by atoms with Gasteiger partial charge < -0.3 is 5.73 Å². The number of benzene rings is 2. The zero-order valence-corrected chi connectivity index (χ0v) is 17.0. The lowest BCUT2D eigenvalue weighted by Gasteiger charge is -2.12. The number of aromatic nitrogens is 3. The molecule has 0 radical (unpaired) electrons. The van der Waals surface area contributed by atoms with E-state index >= 15 is 0 Å². The van der Waals surface area contributed by atoms with E-state index in [1.54, 1.807) is 28.9 Å². The van der Waals surface area contributed by atoms with Crippen LogP contribution in [0.2, 0.25) is 0 Å². The first-order chi connectivity index (χ1) is 14.3. The van der Waals surface area contributed by atoms with Crippen LogP contribution in [0.5, 0.6) is 0 Å². The fourth-order valence-electron chi connectivity index (χ4n) is 3.26. The molecule has 4 nitrogen and oxygen atoms in total. The van der Waals surface area contributed by atoms with Gasteiger partial charge in [0.15, 0.2) is 0 Å². The quantitative estimate of drug-likeness (QED) is 0.379. The van der Waals surface area contributed by atoms with Crippen LogP contribution in [-0.2, 0) is 0 Å². The Morgan fingerprint density at radius 3 is 2.07 bits per heavy atom. The monoisotopic (exact) mass is 412 g/mol. The molecule has 0 spiro atoms. The van der Waals surface area contributed by atoms with Gasteiger partial charge in [0.1, 0.15) is 21.5 Å². The lowest BCUT2D eigenvalue weighted by Crippen LogP contribution is -1.91. The van der Waals surface area contributed by atoms with Crippen molar-refractivity contribution in [2.45, 2.75) is 0 Å². The molecule has 0 aliphatic rings. The summed E-state index contributed by atoms with van der Waals surface area (Å²) in [5, 5.41) is 5.79. The molecule has 0 amide bonds. The van der Waals surface area contributed by atoms with Gasteiger partial charge in [0.2, 0.25) is 0 Å². The summed E-state index contributed by atoms with van der Waals surface area (Å²) in [4.78, 5) is 13.8. The molecule has 2 aromatic carbocycles. The average molecular weight is 413 g/mol. The molecule has 5 aromatic rings. The van der Waals surface area contributed by atoms with Gasteiger partial charge in [-0.15, -0.1) is 22.7 Å². The highest BCUT2D eigenvalue weighted by Gasteiger charge is 2.18. The van der Waals surface area contributed by atoms with Crippen LogP contribution >= 0.6 is 22.7 Å². The van der Waals surface area contributed by atoms with E-state index in [4.69, 9.17) is 10.7 Å². The van der Waals surface area contributed by atoms with Crippen molar-refractivity contribution in [1.82, 2.24) is 15.0 Å². The van der Waals surface area contributed by atoms with Crippen molar-refractivity contribution in [3.8, 4) is 43.7 Å². The van der Waals surface area contributed by atoms with E-state index in [0.717, 1.165) is 43.7 Å². The summed E-state index contributed by atoms with van der Waals surface area (Å²) in [6.45, 7) is 0. The maximum Gasteiger partial charge on any atom is 0.135 e. The largest absolute Gasteiger partial charge is 0.383 e. The van der Waals surface area contributed by atoms with Gasteiger partial charge in [-0.2, -0.15) is 0 Å². The zero-order valence-electron chi connectivity index (χ0n) is 15.3. The molecule has 0 atom stereocenters. The van der Waals surface area contributed by atoms with Gasteiger partial charge in [-0.3, -0.25) is 4.98 Å². The number of nitrogen functional groups attached to an aromatic ring is 1. The predicted octanol–water partition coefficient (Wildman–Crippen LogP) is 6.24. The van der Waals surface area contributed by atoms with Crippen LogP contribution in [0.1, 0.15) is 0 Å². The number of anilines is 1. The molecule has 0 fully saturated rings. The highest BCUT2D eigenvalue weighted by molar-refractivity contribution is 7.14. The number of hydrogen-bond donors (Lipinski definition) is 1. The van der Waals surface area contributed by atoms with Gasteiger partial charge in [-0.25, -0.2) is 9.97 Å². The topological polar surface area (TPSA) is 64.7 Å². The number of rotatable bonds is 4. The summed E-state index contributed by atoms with van der Waals surface area (Å²) in [7, 11) is 0. The minimum Gasteiger partial charge on any atom is -0.383 e. The van der Waals surface area contributed by atoms with Crippen LogP contribution < -0.4 is 5.73 Å². The van der Waals surface area contributed by atoms with Gasteiger partial charge in [0.25, 0.3) is 0 Å². The lowest BCUT2D eigenvalue weighted by molar-refractivity contribution is 1.28. The van der Waals surface area contributed by atoms with Gasteiger partial charge in [0.05, 0.1) is 5.69 Å². The summed E-state index contributed by atoms with van der Waals surface area (Å²) >= 11 is 3.18. The number of pyridine rings is 1. The van der Waals surface area contributed by atoms with Crippen molar-refractivity contribution < 1.29 is 0 Å². The van der Waals surface area contributed by atoms with E-state index in [2.05, 4.69) is 45.7 Å². The molecule has 0 aliphatic heterocycles. The van der Waals surface area contributed by atoms with Gasteiger partial charge in [-0.05, 0) is 17.7 Å². The molecule has 29 heavy (non-hydrogen) atoms. The van der Waals surface area contributed by atoms with Crippen LogP contribution in [0.3, 0.4) is 0 Å². The van der Waals surface area contributed by atoms with Crippen LogP contribution in [0.15, 0.2) is 83.7 Å². The van der Waals surface area contributed by atoms with E-state index in [0.29, 0.717) is 5.82 Å². The molecule has 0 unspecified atom stereocenters. The second-order valence-electron chi connectivity index (χ2n) is 6.42. The predicted molar refractivity (Wildman–Crippen MR) is 122 cm³/mol. The average Bonchev–Trinajstić information content (AvgIpc) is 3.44. The second kappa shape index (κ2) is 7.58. The van der Waals surface area contributed by atoms with E-state index in [-0.39, 0.29) is 0 Å². The van der Waals surface area contributed by atoms with Crippen molar-refractivity contribution in [2.24, 2.45) is 0 Å². The molecule has 3 aromatic heterocycles. The highest BCUT2D eigenvalue weighted by atomic mass is 32.1. The Kier molecular flexibility index (Phi) is 4.63. The molecule has 6 heteroatoms. The zero-order chi connectivity index (χ0) is 19.6. The Hall–Kier alpha value is -3.35. The summed E-state index contributed by atoms with van der Waals surface area (Å²) < 4.78 is 0. The minimum atomic E-state index is 0.543. The van der Waals surface area contributed by atoms with Gasteiger partial charge in [-0.1, -0.05) is 54.6 Å². The molecule has 140 valence electrons. The minimum absolute atomic E-state index is 0.543. The molecule has 0 bridgehead atoms. The molecular formula is C23H16N4S2. The Morgan fingerprint density at radius 1 is 0.655 bits per heavy atom. The van der Waals surface area contributed by atoms with E-state index in [1.165, 1.54) is 0 Å². The molecule has 0 saturated carbocycles. The third-order valence-electron chi connectivity index (χ3n) is 4.54. The summed E-state index contributed by atoms with van der Waals surface area (Å²) in [6.07, 6.45) is 1.79.